The maximum atomic E-state index is 11.0. The smallest absolute Gasteiger partial charge is 0.356 e. The van der Waals surface area contributed by atoms with E-state index in [0.717, 1.165) is 0 Å². The maximum Gasteiger partial charge on any atom is 0.356 e. The number of imidazole rings is 1. The van der Waals surface area contributed by atoms with Crippen molar-refractivity contribution in [3.8, 4) is 17.1 Å². The molecule has 0 bridgehead atoms. The molecule has 2 rings (SSSR count). The summed E-state index contributed by atoms with van der Waals surface area (Å²) in [5, 5.41) is 9.01. The first-order valence-electron chi connectivity index (χ1n) is 5.33. The van der Waals surface area contributed by atoms with Crippen LogP contribution in [0.5, 0.6) is 5.75 Å². The van der Waals surface area contributed by atoms with Crippen molar-refractivity contribution < 1.29 is 14.6 Å². The molecule has 0 saturated heterocycles. The number of aromatic carboxylic acids is 1. The molecule has 6 nitrogen and oxygen atoms in total. The zero-order valence-corrected chi connectivity index (χ0v) is 9.80. The van der Waals surface area contributed by atoms with Crippen LogP contribution in [0.4, 0.5) is 0 Å². The number of nitrogens with one attached hydrogen (secondary N) is 1. The standard InChI is InChI=1S/C12H13N3O3/c1-18-9-5-3-2-4-7(9)11-14-8(6-13)10(15-11)12(16)17/h2-5H,6,13H2,1H3,(H,14,15)(H,16,17). The Labute approximate surface area is 103 Å². The van der Waals surface area contributed by atoms with Crippen LogP contribution in [-0.2, 0) is 6.54 Å². The van der Waals surface area contributed by atoms with Crippen LogP contribution in [0.25, 0.3) is 11.4 Å². The number of benzene rings is 1. The highest BCUT2D eigenvalue weighted by molar-refractivity contribution is 5.88. The highest BCUT2D eigenvalue weighted by Gasteiger charge is 2.17. The number of H-pyrrole nitrogens is 1. The van der Waals surface area contributed by atoms with Gasteiger partial charge in [0.05, 0.1) is 18.4 Å². The molecule has 0 atom stereocenters. The predicted octanol–water partition coefficient (Wildman–Crippen LogP) is 1.24. The molecule has 0 aliphatic rings. The Balaban J connectivity index is 2.54. The van der Waals surface area contributed by atoms with E-state index in [1.54, 1.807) is 19.2 Å². The Bertz CT molecular complexity index is 578. The zero-order chi connectivity index (χ0) is 13.1. The van der Waals surface area contributed by atoms with E-state index in [0.29, 0.717) is 22.8 Å². The number of methoxy groups -OCH3 is 1. The molecule has 6 heteroatoms. The monoisotopic (exact) mass is 247 g/mol. The van der Waals surface area contributed by atoms with Gasteiger partial charge in [0.25, 0.3) is 0 Å². The van der Waals surface area contributed by atoms with Gasteiger partial charge < -0.3 is 20.6 Å². The van der Waals surface area contributed by atoms with E-state index in [4.69, 9.17) is 15.6 Å². The molecule has 0 saturated carbocycles. The van der Waals surface area contributed by atoms with Gasteiger partial charge in [-0.1, -0.05) is 12.1 Å². The first-order chi connectivity index (χ1) is 8.67. The van der Waals surface area contributed by atoms with Crippen molar-refractivity contribution in [2.24, 2.45) is 5.73 Å². The summed E-state index contributed by atoms with van der Waals surface area (Å²) in [6.07, 6.45) is 0. The Kier molecular flexibility index (Phi) is 3.29. The van der Waals surface area contributed by atoms with E-state index in [9.17, 15) is 4.79 Å². The van der Waals surface area contributed by atoms with Crippen molar-refractivity contribution in [3.63, 3.8) is 0 Å². The number of para-hydroxylation sites is 1. The van der Waals surface area contributed by atoms with Gasteiger partial charge in [-0.05, 0) is 12.1 Å². The van der Waals surface area contributed by atoms with Crippen LogP contribution in [-0.4, -0.2) is 28.2 Å². The largest absolute Gasteiger partial charge is 0.496 e. The lowest BCUT2D eigenvalue weighted by Crippen LogP contribution is -2.06. The number of carboxylic acid groups (broad SMARTS) is 1. The van der Waals surface area contributed by atoms with Crippen molar-refractivity contribution in [2.45, 2.75) is 6.54 Å². The van der Waals surface area contributed by atoms with Gasteiger partial charge in [-0.25, -0.2) is 9.78 Å². The highest BCUT2D eigenvalue weighted by Crippen LogP contribution is 2.28. The van der Waals surface area contributed by atoms with E-state index >= 15 is 0 Å². The summed E-state index contributed by atoms with van der Waals surface area (Å²) in [5.74, 6) is -0.0510. The van der Waals surface area contributed by atoms with Crippen LogP contribution < -0.4 is 10.5 Å². The fourth-order valence-corrected chi connectivity index (χ4v) is 1.70. The number of carbonyl (C=O) groups is 1. The van der Waals surface area contributed by atoms with Crippen LogP contribution in [0.15, 0.2) is 24.3 Å². The summed E-state index contributed by atoms with van der Waals surface area (Å²) in [6.45, 7) is 0.0871. The van der Waals surface area contributed by atoms with Crippen LogP contribution in [0, 0.1) is 0 Å². The fraction of sp³-hybridized carbons (Fsp3) is 0.167. The summed E-state index contributed by atoms with van der Waals surface area (Å²) in [6, 6.07) is 7.22. The van der Waals surface area contributed by atoms with E-state index in [1.807, 2.05) is 12.1 Å². The average molecular weight is 247 g/mol. The Morgan fingerprint density at radius 1 is 1.50 bits per heavy atom. The molecule has 0 radical (unpaired) electrons. The van der Waals surface area contributed by atoms with Crippen molar-refractivity contribution in [2.75, 3.05) is 7.11 Å². The summed E-state index contributed by atoms with van der Waals surface area (Å²) < 4.78 is 5.20. The number of rotatable bonds is 4. The molecule has 0 spiro atoms. The van der Waals surface area contributed by atoms with Gasteiger partial charge >= 0.3 is 5.97 Å². The van der Waals surface area contributed by atoms with Gasteiger partial charge in [0.1, 0.15) is 11.6 Å². The lowest BCUT2D eigenvalue weighted by Gasteiger charge is -2.04. The average Bonchev–Trinajstić information content (AvgIpc) is 2.82. The molecule has 0 aliphatic carbocycles. The minimum atomic E-state index is -1.10. The molecule has 1 aromatic carbocycles. The zero-order valence-electron chi connectivity index (χ0n) is 9.80. The summed E-state index contributed by atoms with van der Waals surface area (Å²) in [5.41, 5.74) is 6.52. The molecule has 4 N–H and O–H groups in total. The predicted molar refractivity (Wildman–Crippen MR) is 65.4 cm³/mol. The molecular weight excluding hydrogens is 234 g/mol. The third-order valence-corrected chi connectivity index (χ3v) is 2.55. The number of nitrogens with two attached hydrogens (primary N) is 1. The summed E-state index contributed by atoms with van der Waals surface area (Å²) >= 11 is 0. The van der Waals surface area contributed by atoms with Crippen molar-refractivity contribution in [1.82, 2.24) is 9.97 Å². The van der Waals surface area contributed by atoms with E-state index in [2.05, 4.69) is 9.97 Å². The summed E-state index contributed by atoms with van der Waals surface area (Å²) in [4.78, 5) is 18.0. The van der Waals surface area contributed by atoms with E-state index < -0.39 is 5.97 Å². The van der Waals surface area contributed by atoms with Crippen LogP contribution in [0.3, 0.4) is 0 Å². The second-order valence-corrected chi connectivity index (χ2v) is 3.62. The molecule has 0 fully saturated rings. The van der Waals surface area contributed by atoms with Gasteiger partial charge in [0.2, 0.25) is 0 Å². The first-order valence-corrected chi connectivity index (χ1v) is 5.33. The quantitative estimate of drug-likeness (QED) is 0.754. The van der Waals surface area contributed by atoms with Crippen molar-refractivity contribution >= 4 is 5.97 Å². The van der Waals surface area contributed by atoms with Crippen molar-refractivity contribution in [1.29, 1.82) is 0 Å². The molecule has 1 aromatic heterocycles. The number of aromatic nitrogens is 2. The lowest BCUT2D eigenvalue weighted by atomic mass is 10.2. The molecule has 1 heterocycles. The van der Waals surface area contributed by atoms with E-state index in [-0.39, 0.29) is 12.2 Å². The first kappa shape index (κ1) is 12.1. The van der Waals surface area contributed by atoms with Crippen LogP contribution in [0.2, 0.25) is 0 Å². The SMILES string of the molecule is COc1ccccc1-c1nc(C(=O)O)c(CN)[nH]1. The van der Waals surface area contributed by atoms with Gasteiger partial charge in [0.15, 0.2) is 5.69 Å². The number of ether oxygens (including phenoxy) is 1. The molecule has 0 unspecified atom stereocenters. The number of hydrogen-bond donors (Lipinski definition) is 3. The van der Waals surface area contributed by atoms with Crippen LogP contribution in [0.1, 0.15) is 16.2 Å². The fourth-order valence-electron chi connectivity index (χ4n) is 1.70. The number of carboxylic acids is 1. The second kappa shape index (κ2) is 4.89. The molecule has 0 amide bonds. The Hall–Kier alpha value is -2.34. The van der Waals surface area contributed by atoms with Gasteiger partial charge in [-0.2, -0.15) is 0 Å². The molecule has 0 aliphatic heterocycles. The minimum absolute atomic E-state index is 0.0570. The third kappa shape index (κ3) is 2.05. The van der Waals surface area contributed by atoms with Gasteiger partial charge in [0, 0.05) is 6.54 Å². The van der Waals surface area contributed by atoms with Crippen molar-refractivity contribution in [3.05, 3.63) is 35.7 Å². The van der Waals surface area contributed by atoms with E-state index in [1.165, 1.54) is 0 Å². The van der Waals surface area contributed by atoms with Gasteiger partial charge in [-0.15, -0.1) is 0 Å². The topological polar surface area (TPSA) is 101 Å². The maximum absolute atomic E-state index is 11.0. The second-order valence-electron chi connectivity index (χ2n) is 3.62. The number of nitrogens with zero attached hydrogens (tertiary/aromatic N) is 1. The molecule has 94 valence electrons. The Morgan fingerprint density at radius 3 is 2.78 bits per heavy atom. The lowest BCUT2D eigenvalue weighted by molar-refractivity contribution is 0.0690. The molecule has 2 aromatic rings. The molecular formula is C12H13N3O3. The van der Waals surface area contributed by atoms with Crippen LogP contribution >= 0.6 is 0 Å². The third-order valence-electron chi connectivity index (χ3n) is 2.55. The minimum Gasteiger partial charge on any atom is -0.496 e. The number of aromatic amines is 1. The number of hydrogen-bond acceptors (Lipinski definition) is 4. The Morgan fingerprint density at radius 2 is 2.22 bits per heavy atom. The molecule has 18 heavy (non-hydrogen) atoms. The summed E-state index contributed by atoms with van der Waals surface area (Å²) in [7, 11) is 1.55. The highest BCUT2D eigenvalue weighted by atomic mass is 16.5. The van der Waals surface area contributed by atoms with Gasteiger partial charge in [-0.3, -0.25) is 0 Å². The normalized spacial score (nSPS) is 10.3.